The van der Waals surface area contributed by atoms with Gasteiger partial charge in [-0.3, -0.25) is 4.79 Å². The number of fused-ring (bicyclic) bond motifs is 1. The van der Waals surface area contributed by atoms with Crippen LogP contribution < -0.4 is 0 Å². The number of H-pyrrole nitrogens is 1. The lowest BCUT2D eigenvalue weighted by atomic mass is 10.2. The number of aromatic nitrogens is 1. The molecule has 2 aromatic heterocycles. The molecule has 0 atom stereocenters. The number of amides is 1. The molecule has 0 aliphatic heterocycles. The van der Waals surface area contributed by atoms with Gasteiger partial charge in [0, 0.05) is 15.9 Å². The van der Waals surface area contributed by atoms with Gasteiger partial charge in [0.1, 0.15) is 17.3 Å². The highest BCUT2D eigenvalue weighted by molar-refractivity contribution is 9.10. The second kappa shape index (κ2) is 5.53. The maximum Gasteiger partial charge on any atom is 0.270 e. The quantitative estimate of drug-likeness (QED) is 0.730. The molecule has 1 aliphatic carbocycles. The Kier molecular flexibility index (Phi) is 3.49. The molecule has 4 rings (SSSR count). The number of nitrogens with zero attached hydrogens (tertiary/aromatic N) is 1. The SMILES string of the molecule is O=C(c1cc2c(F)cc(Br)cc2[nH]1)N(Cc1ccco1)C1CC1. The molecule has 1 aromatic carbocycles. The Morgan fingerprint density at radius 2 is 2.22 bits per heavy atom. The lowest BCUT2D eigenvalue weighted by Gasteiger charge is -2.20. The van der Waals surface area contributed by atoms with Crippen molar-refractivity contribution in [1.29, 1.82) is 0 Å². The van der Waals surface area contributed by atoms with E-state index in [1.165, 1.54) is 6.07 Å². The van der Waals surface area contributed by atoms with Crippen molar-refractivity contribution in [2.45, 2.75) is 25.4 Å². The smallest absolute Gasteiger partial charge is 0.270 e. The molecule has 1 amide bonds. The van der Waals surface area contributed by atoms with Gasteiger partial charge in [0.15, 0.2) is 0 Å². The third-order valence-electron chi connectivity index (χ3n) is 4.04. The monoisotopic (exact) mass is 376 g/mol. The second-order valence-electron chi connectivity index (χ2n) is 5.78. The number of hydrogen-bond acceptors (Lipinski definition) is 2. The minimum atomic E-state index is -0.353. The van der Waals surface area contributed by atoms with Gasteiger partial charge < -0.3 is 14.3 Å². The Balaban J connectivity index is 1.67. The second-order valence-corrected chi connectivity index (χ2v) is 6.69. The number of rotatable bonds is 4. The molecule has 0 spiro atoms. The fourth-order valence-corrected chi connectivity index (χ4v) is 3.18. The lowest BCUT2D eigenvalue weighted by molar-refractivity contribution is 0.0712. The van der Waals surface area contributed by atoms with Crippen molar-refractivity contribution in [3.63, 3.8) is 0 Å². The normalized spacial score (nSPS) is 14.3. The van der Waals surface area contributed by atoms with E-state index < -0.39 is 0 Å². The fourth-order valence-electron chi connectivity index (χ4n) is 2.75. The van der Waals surface area contributed by atoms with Crippen LogP contribution in [0.25, 0.3) is 10.9 Å². The first-order chi connectivity index (χ1) is 11.1. The topological polar surface area (TPSA) is 49.2 Å². The molecule has 2 heterocycles. The number of carbonyl (C=O) groups excluding carboxylic acids is 1. The first-order valence-electron chi connectivity index (χ1n) is 7.43. The number of furan rings is 1. The molecule has 1 aliphatic rings. The Labute approximate surface area is 140 Å². The maximum absolute atomic E-state index is 14.0. The summed E-state index contributed by atoms with van der Waals surface area (Å²) in [5.41, 5.74) is 1.00. The van der Waals surface area contributed by atoms with Crippen LogP contribution in [0.1, 0.15) is 29.1 Å². The highest BCUT2D eigenvalue weighted by Crippen LogP contribution is 2.31. The summed E-state index contributed by atoms with van der Waals surface area (Å²) in [5, 5.41) is 0.422. The molecule has 4 nitrogen and oxygen atoms in total. The van der Waals surface area contributed by atoms with Crippen molar-refractivity contribution in [3.8, 4) is 0 Å². The van der Waals surface area contributed by atoms with Gasteiger partial charge in [0.25, 0.3) is 5.91 Å². The molecule has 3 aromatic rings. The zero-order valence-electron chi connectivity index (χ0n) is 12.2. The largest absolute Gasteiger partial charge is 0.467 e. The van der Waals surface area contributed by atoms with Crippen LogP contribution >= 0.6 is 15.9 Å². The van der Waals surface area contributed by atoms with Crippen molar-refractivity contribution >= 4 is 32.7 Å². The van der Waals surface area contributed by atoms with Gasteiger partial charge in [-0.05, 0) is 43.2 Å². The maximum atomic E-state index is 14.0. The lowest BCUT2D eigenvalue weighted by Crippen LogP contribution is -2.32. The van der Waals surface area contributed by atoms with Gasteiger partial charge in [0.2, 0.25) is 0 Å². The van der Waals surface area contributed by atoms with E-state index in [1.54, 1.807) is 29.4 Å². The Hall–Kier alpha value is -2.08. The third-order valence-corrected chi connectivity index (χ3v) is 4.50. The molecule has 1 fully saturated rings. The summed E-state index contributed by atoms with van der Waals surface area (Å²) >= 11 is 3.26. The summed E-state index contributed by atoms with van der Waals surface area (Å²) in [6, 6.07) is 8.63. The molecule has 0 unspecified atom stereocenters. The molecule has 1 N–H and O–H groups in total. The van der Waals surface area contributed by atoms with E-state index in [9.17, 15) is 9.18 Å². The van der Waals surface area contributed by atoms with Crippen molar-refractivity contribution in [2.24, 2.45) is 0 Å². The van der Waals surface area contributed by atoms with Crippen molar-refractivity contribution in [2.75, 3.05) is 0 Å². The first kappa shape index (κ1) is 14.5. The van der Waals surface area contributed by atoms with Gasteiger partial charge in [-0.25, -0.2) is 4.39 Å². The number of aromatic amines is 1. The summed E-state index contributed by atoms with van der Waals surface area (Å²) in [6.45, 7) is 0.429. The van der Waals surface area contributed by atoms with Crippen LogP contribution in [0.15, 0.2) is 45.5 Å². The van der Waals surface area contributed by atoms with Gasteiger partial charge >= 0.3 is 0 Å². The predicted molar refractivity (Wildman–Crippen MR) is 87.6 cm³/mol. The van der Waals surface area contributed by atoms with E-state index in [2.05, 4.69) is 20.9 Å². The highest BCUT2D eigenvalue weighted by Gasteiger charge is 2.34. The Morgan fingerprint density at radius 3 is 2.91 bits per heavy atom. The van der Waals surface area contributed by atoms with Gasteiger partial charge in [-0.2, -0.15) is 0 Å². The molecule has 23 heavy (non-hydrogen) atoms. The van der Waals surface area contributed by atoms with Crippen LogP contribution in [0, 0.1) is 5.82 Å². The van der Waals surface area contributed by atoms with Crippen LogP contribution in [-0.4, -0.2) is 21.8 Å². The van der Waals surface area contributed by atoms with Crippen molar-refractivity contribution in [1.82, 2.24) is 9.88 Å². The highest BCUT2D eigenvalue weighted by atomic mass is 79.9. The zero-order chi connectivity index (χ0) is 16.0. The van der Waals surface area contributed by atoms with Crippen LogP contribution in [-0.2, 0) is 6.54 Å². The number of hydrogen-bond donors (Lipinski definition) is 1. The third kappa shape index (κ3) is 2.79. The number of carbonyl (C=O) groups is 1. The van der Waals surface area contributed by atoms with Gasteiger partial charge in [-0.1, -0.05) is 15.9 Å². The average molecular weight is 377 g/mol. The summed E-state index contributed by atoms with van der Waals surface area (Å²) in [7, 11) is 0. The van der Waals surface area contributed by atoms with Gasteiger partial charge in [-0.15, -0.1) is 0 Å². The zero-order valence-corrected chi connectivity index (χ0v) is 13.8. The minimum absolute atomic E-state index is 0.129. The summed E-state index contributed by atoms with van der Waals surface area (Å²) in [4.78, 5) is 17.7. The molecule has 0 radical (unpaired) electrons. The molecule has 0 saturated heterocycles. The molecule has 118 valence electrons. The Morgan fingerprint density at radius 1 is 1.39 bits per heavy atom. The first-order valence-corrected chi connectivity index (χ1v) is 8.22. The Bertz CT molecular complexity index is 868. The molecule has 1 saturated carbocycles. The number of nitrogens with one attached hydrogen (secondary N) is 1. The van der Waals surface area contributed by atoms with E-state index >= 15 is 0 Å². The van der Waals surface area contributed by atoms with E-state index in [0.29, 0.717) is 27.6 Å². The standard InChI is InChI=1S/C17H14BrFN2O2/c18-10-6-14(19)13-8-16(20-15(13)7-10)17(22)21(11-3-4-11)9-12-2-1-5-23-12/h1-2,5-8,11,20H,3-4,9H2. The van der Waals surface area contributed by atoms with E-state index in [0.717, 1.165) is 18.6 Å². The predicted octanol–water partition coefficient (Wildman–Crippen LogP) is 4.47. The van der Waals surface area contributed by atoms with Crippen LogP contribution in [0.4, 0.5) is 4.39 Å². The average Bonchev–Trinajstić information content (AvgIpc) is 3.05. The summed E-state index contributed by atoms with van der Waals surface area (Å²) in [6.07, 6.45) is 3.58. The van der Waals surface area contributed by atoms with E-state index in [-0.39, 0.29) is 17.8 Å². The van der Waals surface area contributed by atoms with Crippen LogP contribution in [0.2, 0.25) is 0 Å². The number of benzene rings is 1. The molecular weight excluding hydrogens is 363 g/mol. The fraction of sp³-hybridized carbons (Fsp3) is 0.235. The molecule has 0 bridgehead atoms. The van der Waals surface area contributed by atoms with Crippen LogP contribution in [0.5, 0.6) is 0 Å². The van der Waals surface area contributed by atoms with Crippen LogP contribution in [0.3, 0.4) is 0 Å². The van der Waals surface area contributed by atoms with Crippen molar-refractivity contribution in [3.05, 3.63) is 58.3 Å². The van der Waals surface area contributed by atoms with Crippen molar-refractivity contribution < 1.29 is 13.6 Å². The van der Waals surface area contributed by atoms with E-state index in [1.807, 2.05) is 6.07 Å². The van der Waals surface area contributed by atoms with Gasteiger partial charge in [0.05, 0.1) is 18.3 Å². The molecule has 6 heteroatoms. The number of halogens is 2. The van der Waals surface area contributed by atoms with E-state index in [4.69, 9.17) is 4.42 Å². The minimum Gasteiger partial charge on any atom is -0.467 e. The summed E-state index contributed by atoms with van der Waals surface area (Å²) < 4.78 is 20.0. The molecular formula is C17H14BrFN2O2. The summed E-state index contributed by atoms with van der Waals surface area (Å²) in [5.74, 6) is 0.264.